The second-order valence-electron chi connectivity index (χ2n) is 7.95. The number of hydrogen-bond donors (Lipinski definition) is 1. The number of nitrogens with one attached hydrogen (secondary N) is 1. The summed E-state index contributed by atoms with van der Waals surface area (Å²) in [7, 11) is 1.60. The lowest BCUT2D eigenvalue weighted by molar-refractivity contribution is -0.152. The first-order chi connectivity index (χ1) is 15.9. The molecule has 1 atom stereocenters. The van der Waals surface area contributed by atoms with Crippen LogP contribution in [0.1, 0.15) is 18.4 Å². The molecule has 7 heteroatoms. The minimum atomic E-state index is -1.13. The van der Waals surface area contributed by atoms with E-state index in [4.69, 9.17) is 4.74 Å². The third-order valence-corrected chi connectivity index (χ3v) is 5.70. The van der Waals surface area contributed by atoms with E-state index in [1.54, 1.807) is 25.3 Å². The molecule has 1 N–H and O–H groups in total. The highest BCUT2D eigenvalue weighted by Gasteiger charge is 2.48. The van der Waals surface area contributed by atoms with Crippen molar-refractivity contribution in [1.82, 2.24) is 0 Å². The van der Waals surface area contributed by atoms with Crippen molar-refractivity contribution >= 4 is 34.4 Å². The molecule has 0 aromatic heterocycles. The van der Waals surface area contributed by atoms with Crippen LogP contribution in [-0.2, 0) is 14.4 Å². The fourth-order valence-corrected chi connectivity index (χ4v) is 3.80. The number of nitrogens with zero attached hydrogens (tertiary/aromatic N) is 1. The lowest BCUT2D eigenvalue weighted by atomic mass is 9.87. The van der Waals surface area contributed by atoms with Crippen LogP contribution < -0.4 is 15.0 Å². The summed E-state index contributed by atoms with van der Waals surface area (Å²) >= 11 is 0. The molecule has 1 saturated carbocycles. The van der Waals surface area contributed by atoms with Crippen LogP contribution in [0.25, 0.3) is 0 Å². The Balaban J connectivity index is 1.64. The van der Waals surface area contributed by atoms with E-state index >= 15 is 0 Å². The molecule has 0 amide bonds. The maximum atomic E-state index is 13.8. The summed E-state index contributed by atoms with van der Waals surface area (Å²) in [6.45, 7) is 2.56. The maximum absolute atomic E-state index is 13.8. The number of ether oxygens (including phenoxy) is 1. The zero-order valence-electron chi connectivity index (χ0n) is 18.2. The Kier molecular flexibility index (Phi) is 6.22. The smallest absolute Gasteiger partial charge is 0.269 e. The van der Waals surface area contributed by atoms with Gasteiger partial charge in [-0.2, -0.15) is 0 Å². The van der Waals surface area contributed by atoms with Crippen LogP contribution in [0.15, 0.2) is 72.8 Å². The highest BCUT2D eigenvalue weighted by Crippen LogP contribution is 2.32. The van der Waals surface area contributed by atoms with Crippen molar-refractivity contribution in [3.63, 3.8) is 0 Å². The van der Waals surface area contributed by atoms with Crippen molar-refractivity contribution in [1.29, 1.82) is 0 Å². The Bertz CT molecular complexity index is 1190. The standard InChI is InChI=1S/C26H23FN2O4/c1-16(17-5-3-6-18(27)13-17)15-29(20-9-11-22(33-2)12-10-20)21-8-4-7-19(14-21)28-23-24(30)26(32)25(23)31/h3-14,16,23,28H,15H2,1-2H3. The predicted molar refractivity (Wildman–Crippen MR) is 124 cm³/mol. The van der Waals surface area contributed by atoms with Gasteiger partial charge in [-0.1, -0.05) is 25.1 Å². The first-order valence-electron chi connectivity index (χ1n) is 10.5. The number of halogens is 1. The van der Waals surface area contributed by atoms with Crippen LogP contribution in [0.5, 0.6) is 5.75 Å². The molecule has 0 saturated heterocycles. The number of hydrogen-bond acceptors (Lipinski definition) is 6. The van der Waals surface area contributed by atoms with Gasteiger partial charge in [-0.3, -0.25) is 14.4 Å². The van der Waals surface area contributed by atoms with Gasteiger partial charge in [0.2, 0.25) is 11.6 Å². The number of carbonyl (C=O) groups excluding carboxylic acids is 3. The number of carbonyl (C=O) groups is 3. The molecule has 4 rings (SSSR count). The Morgan fingerprint density at radius 1 is 0.939 bits per heavy atom. The topological polar surface area (TPSA) is 75.7 Å². The summed E-state index contributed by atoms with van der Waals surface area (Å²) in [5.41, 5.74) is 3.11. The van der Waals surface area contributed by atoms with Crippen LogP contribution in [0, 0.1) is 5.82 Å². The third-order valence-electron chi connectivity index (χ3n) is 5.70. The van der Waals surface area contributed by atoms with Gasteiger partial charge in [0.15, 0.2) is 6.04 Å². The molecule has 0 heterocycles. The van der Waals surface area contributed by atoms with Crippen LogP contribution in [-0.4, -0.2) is 37.0 Å². The summed E-state index contributed by atoms with van der Waals surface area (Å²) in [6.07, 6.45) is 0. The Morgan fingerprint density at radius 3 is 2.30 bits per heavy atom. The van der Waals surface area contributed by atoms with Crippen LogP contribution in [0.4, 0.5) is 21.5 Å². The lowest BCUT2D eigenvalue weighted by Crippen LogP contribution is -2.57. The second kappa shape index (κ2) is 9.24. The molecule has 1 aliphatic carbocycles. The highest BCUT2D eigenvalue weighted by molar-refractivity contribution is 6.79. The molecule has 1 unspecified atom stereocenters. The van der Waals surface area contributed by atoms with Gasteiger partial charge < -0.3 is 15.0 Å². The molecular formula is C26H23FN2O4. The summed E-state index contributed by atoms with van der Waals surface area (Å²) in [5, 5.41) is 2.85. The van der Waals surface area contributed by atoms with Crippen LogP contribution in [0.3, 0.4) is 0 Å². The van der Waals surface area contributed by atoms with Crippen molar-refractivity contribution < 1.29 is 23.5 Å². The summed E-state index contributed by atoms with van der Waals surface area (Å²) in [6, 6.07) is 20.2. The fraction of sp³-hybridized carbons (Fsp3) is 0.192. The Labute approximate surface area is 191 Å². The van der Waals surface area contributed by atoms with Crippen LogP contribution >= 0.6 is 0 Å². The van der Waals surface area contributed by atoms with Gasteiger partial charge >= 0.3 is 0 Å². The van der Waals surface area contributed by atoms with Gasteiger partial charge in [-0.15, -0.1) is 0 Å². The molecule has 0 bridgehead atoms. The minimum Gasteiger partial charge on any atom is -0.497 e. The van der Waals surface area contributed by atoms with Crippen molar-refractivity contribution in [2.24, 2.45) is 0 Å². The summed E-state index contributed by atoms with van der Waals surface area (Å²) in [4.78, 5) is 36.8. The summed E-state index contributed by atoms with van der Waals surface area (Å²) < 4.78 is 19.1. The molecule has 1 aliphatic rings. The molecule has 168 valence electrons. The van der Waals surface area contributed by atoms with E-state index in [1.807, 2.05) is 49.4 Å². The quantitative estimate of drug-likeness (QED) is 0.411. The van der Waals surface area contributed by atoms with Crippen molar-refractivity contribution in [3.05, 3.63) is 84.2 Å². The highest BCUT2D eigenvalue weighted by atomic mass is 19.1. The van der Waals surface area contributed by atoms with Gasteiger partial charge in [-0.25, -0.2) is 4.39 Å². The van der Waals surface area contributed by atoms with E-state index in [0.29, 0.717) is 12.2 Å². The Morgan fingerprint density at radius 2 is 1.64 bits per heavy atom. The first kappa shape index (κ1) is 22.2. The second-order valence-corrected chi connectivity index (χ2v) is 7.95. The first-order valence-corrected chi connectivity index (χ1v) is 10.5. The molecule has 6 nitrogen and oxygen atoms in total. The largest absolute Gasteiger partial charge is 0.497 e. The van der Waals surface area contributed by atoms with E-state index in [1.165, 1.54) is 12.1 Å². The van der Waals surface area contributed by atoms with Crippen molar-refractivity contribution in [2.45, 2.75) is 18.9 Å². The molecule has 0 radical (unpaired) electrons. The third kappa shape index (κ3) is 4.62. The van der Waals surface area contributed by atoms with E-state index < -0.39 is 23.4 Å². The molecule has 0 aliphatic heterocycles. The zero-order chi connectivity index (χ0) is 23.5. The lowest BCUT2D eigenvalue weighted by Gasteiger charge is -2.29. The normalized spacial score (nSPS) is 14.6. The molecule has 3 aromatic carbocycles. The molecule has 1 fully saturated rings. The monoisotopic (exact) mass is 446 g/mol. The molecular weight excluding hydrogens is 423 g/mol. The van der Waals surface area contributed by atoms with Gasteiger partial charge in [-0.05, 0) is 66.1 Å². The number of rotatable bonds is 8. The minimum absolute atomic E-state index is 0.00757. The van der Waals surface area contributed by atoms with Gasteiger partial charge in [0, 0.05) is 23.6 Å². The predicted octanol–water partition coefficient (Wildman–Crippen LogP) is 4.28. The molecule has 0 spiro atoms. The number of methoxy groups -OCH3 is 1. The van der Waals surface area contributed by atoms with E-state index in [-0.39, 0.29) is 11.7 Å². The number of Topliss-reactive ketones (excluding diaryl/α,β-unsaturated/α-hetero) is 3. The van der Waals surface area contributed by atoms with E-state index in [9.17, 15) is 18.8 Å². The Hall–Kier alpha value is -4.00. The fourth-order valence-electron chi connectivity index (χ4n) is 3.80. The van der Waals surface area contributed by atoms with Crippen molar-refractivity contribution in [3.8, 4) is 5.75 Å². The van der Waals surface area contributed by atoms with Crippen LogP contribution in [0.2, 0.25) is 0 Å². The average molecular weight is 446 g/mol. The number of anilines is 3. The van der Waals surface area contributed by atoms with Crippen molar-refractivity contribution in [2.75, 3.05) is 23.9 Å². The average Bonchev–Trinajstić information content (AvgIpc) is 2.85. The molecule has 3 aromatic rings. The SMILES string of the molecule is COc1ccc(N(CC(C)c2cccc(F)c2)c2cccc(NC3C(=O)C(=O)C3=O)c2)cc1. The zero-order valence-corrected chi connectivity index (χ0v) is 18.2. The van der Waals surface area contributed by atoms with E-state index in [2.05, 4.69) is 10.2 Å². The van der Waals surface area contributed by atoms with Gasteiger partial charge in [0.05, 0.1) is 7.11 Å². The molecule has 33 heavy (non-hydrogen) atoms. The van der Waals surface area contributed by atoms with Gasteiger partial charge in [0.1, 0.15) is 11.6 Å². The van der Waals surface area contributed by atoms with Gasteiger partial charge in [0.25, 0.3) is 5.78 Å². The van der Waals surface area contributed by atoms with E-state index in [0.717, 1.165) is 22.7 Å². The summed E-state index contributed by atoms with van der Waals surface area (Å²) in [5.74, 6) is -1.99. The maximum Gasteiger partial charge on any atom is 0.269 e. The number of ketones is 3. The number of benzene rings is 3.